The predicted octanol–water partition coefficient (Wildman–Crippen LogP) is 11.2. The quantitative estimate of drug-likeness (QED) is 0.0816. The summed E-state index contributed by atoms with van der Waals surface area (Å²) in [5.41, 5.74) is 6.73. The van der Waals surface area contributed by atoms with E-state index in [9.17, 15) is 0 Å². The molecular weight excluding hydrogens is 641 g/mol. The van der Waals surface area contributed by atoms with Crippen LogP contribution in [0.4, 0.5) is 5.69 Å². The van der Waals surface area contributed by atoms with E-state index < -0.39 is 0 Å². The van der Waals surface area contributed by atoms with Crippen LogP contribution in [0.5, 0.6) is 0 Å². The molecule has 7 aromatic rings. The number of aryl methyl sites for hydroxylation is 1. The molecule has 0 radical (unpaired) electrons. The number of hydrogen-bond acceptors (Lipinski definition) is 0. The maximum atomic E-state index is 2.51. The van der Waals surface area contributed by atoms with Crippen LogP contribution in [0.3, 0.4) is 0 Å². The van der Waals surface area contributed by atoms with E-state index in [2.05, 4.69) is 207 Å². The van der Waals surface area contributed by atoms with Gasteiger partial charge in [0.2, 0.25) is 0 Å². The second-order valence-corrected chi connectivity index (χ2v) is 14.9. The molecule has 7 rings (SSSR count). The van der Waals surface area contributed by atoms with Crippen molar-refractivity contribution in [3.8, 4) is 0 Å². The molecule has 0 saturated carbocycles. The minimum atomic E-state index is -0.167. The molecule has 0 unspecified atom stereocenters. The molecule has 6 aromatic carbocycles. The molecule has 1 aromatic heterocycles. The summed E-state index contributed by atoms with van der Waals surface area (Å²) in [6.45, 7) is 8.89. The van der Waals surface area contributed by atoms with Crippen molar-refractivity contribution in [1.29, 1.82) is 0 Å². The molecule has 2 heteroatoms. The fraction of sp³-hybridized carbons (Fsp3) is 0.216. The predicted molar refractivity (Wildman–Crippen MR) is 229 cm³/mol. The lowest BCUT2D eigenvalue weighted by Crippen LogP contribution is -2.79. The molecule has 0 aliphatic heterocycles. The Morgan fingerprint density at radius 1 is 0.623 bits per heavy atom. The van der Waals surface area contributed by atoms with Gasteiger partial charge in [-0.25, -0.2) is 0 Å². The minimum absolute atomic E-state index is 0.167. The van der Waals surface area contributed by atoms with Crippen molar-refractivity contribution >= 4 is 44.2 Å². The van der Waals surface area contributed by atoms with Crippen molar-refractivity contribution in [2.45, 2.75) is 58.4 Å². The Bertz CT molecular complexity index is 2360. The fourth-order valence-corrected chi connectivity index (χ4v) is 8.35. The minimum Gasteiger partial charge on any atom is -0.341 e. The molecule has 0 aliphatic rings. The highest BCUT2D eigenvalue weighted by atomic mass is 15.0. The van der Waals surface area contributed by atoms with Crippen LogP contribution in [0.15, 0.2) is 170 Å². The summed E-state index contributed by atoms with van der Waals surface area (Å²) >= 11 is 0. The monoisotopic (exact) mass is 693 g/mol. The van der Waals surface area contributed by atoms with Crippen LogP contribution in [-0.4, -0.2) is 11.1 Å². The van der Waals surface area contributed by atoms with E-state index in [1.807, 2.05) is 0 Å². The van der Waals surface area contributed by atoms with E-state index in [0.29, 0.717) is 5.92 Å². The number of benzene rings is 6. The van der Waals surface area contributed by atoms with Crippen LogP contribution in [0.25, 0.3) is 38.5 Å². The number of hydrogen-bond donors (Lipinski definition) is 1. The number of allylic oxidation sites excluding steroid dienone is 6. The standard InChI is InChI=1S/C51H52N2/c1-4-53-47(45-29-19-26-43-27-20-31-48(53)49(43)45)30-15-7-5-6-8-18-35-51(37-40-21-11-9-12-22-40,38-41-23-13-10-14-24-41)50-44-28-17-16-25-42(44)32-33-46(50)52-36-34-39(2)3/h5-33,39,52H,4,34-38H2,1-3H3/p+1/b6-5+,15-7+,18-8+,47-30+. The Morgan fingerprint density at radius 2 is 1.25 bits per heavy atom. The molecule has 0 saturated heterocycles. The van der Waals surface area contributed by atoms with Gasteiger partial charge in [0.25, 0.3) is 0 Å². The third-order valence-corrected chi connectivity index (χ3v) is 10.8. The Hall–Kier alpha value is -5.44. The number of fused-ring (bicyclic) bond motifs is 1. The highest BCUT2D eigenvalue weighted by Gasteiger charge is 2.37. The van der Waals surface area contributed by atoms with Gasteiger partial charge in [-0.05, 0) is 90.1 Å². The van der Waals surface area contributed by atoms with Gasteiger partial charge in [-0.2, -0.15) is 0 Å². The molecule has 0 atom stereocenters. The Morgan fingerprint density at radius 3 is 1.96 bits per heavy atom. The third kappa shape index (κ3) is 8.14. The summed E-state index contributed by atoms with van der Waals surface area (Å²) < 4.78 is 2.42. The Balaban J connectivity index is 1.25. The van der Waals surface area contributed by atoms with E-state index in [0.717, 1.165) is 32.4 Å². The lowest BCUT2D eigenvalue weighted by Gasteiger charge is -2.36. The van der Waals surface area contributed by atoms with Gasteiger partial charge in [0.15, 0.2) is 0 Å². The summed E-state index contributed by atoms with van der Waals surface area (Å²) in [5, 5.41) is 10.4. The molecule has 266 valence electrons. The largest absolute Gasteiger partial charge is 0.341 e. The fourth-order valence-electron chi connectivity index (χ4n) is 8.35. The average molecular weight is 694 g/mol. The van der Waals surface area contributed by atoms with Gasteiger partial charge in [0, 0.05) is 39.2 Å². The summed E-state index contributed by atoms with van der Waals surface area (Å²) in [6, 6.07) is 49.2. The number of nitrogens with two attached hydrogens (primary N) is 1. The van der Waals surface area contributed by atoms with Gasteiger partial charge in [-0.1, -0.05) is 166 Å². The first-order valence-corrected chi connectivity index (χ1v) is 19.5. The molecule has 0 aliphatic carbocycles. The van der Waals surface area contributed by atoms with Crippen LogP contribution >= 0.6 is 0 Å². The van der Waals surface area contributed by atoms with Crippen molar-refractivity contribution in [2.24, 2.45) is 5.92 Å². The lowest BCUT2D eigenvalue weighted by atomic mass is 9.67. The molecule has 0 spiro atoms. The second kappa shape index (κ2) is 16.9. The Kier molecular flexibility index (Phi) is 11.5. The third-order valence-electron chi connectivity index (χ3n) is 10.8. The molecular formula is C51H53N2+. The van der Waals surface area contributed by atoms with Crippen molar-refractivity contribution in [3.05, 3.63) is 192 Å². The van der Waals surface area contributed by atoms with E-state index in [1.165, 1.54) is 66.6 Å². The summed E-state index contributed by atoms with van der Waals surface area (Å²) in [6.07, 6.45) is 19.6. The molecule has 53 heavy (non-hydrogen) atoms. The van der Waals surface area contributed by atoms with Crippen molar-refractivity contribution in [2.75, 3.05) is 6.54 Å². The topological polar surface area (TPSA) is 21.5 Å². The van der Waals surface area contributed by atoms with Gasteiger partial charge in [-0.15, -0.1) is 0 Å². The zero-order chi connectivity index (χ0) is 36.5. The van der Waals surface area contributed by atoms with Crippen LogP contribution in [0.1, 0.15) is 50.3 Å². The van der Waals surface area contributed by atoms with Crippen molar-refractivity contribution in [1.82, 2.24) is 4.57 Å². The molecule has 1 heterocycles. The van der Waals surface area contributed by atoms with Crippen LogP contribution in [0.2, 0.25) is 0 Å². The number of nitrogens with zero attached hydrogens (tertiary/aromatic N) is 1. The van der Waals surface area contributed by atoms with Gasteiger partial charge < -0.3 is 9.88 Å². The molecule has 2 N–H and O–H groups in total. The maximum absolute atomic E-state index is 2.51. The van der Waals surface area contributed by atoms with Gasteiger partial charge in [0.1, 0.15) is 5.69 Å². The maximum Gasteiger partial charge on any atom is 0.134 e. The van der Waals surface area contributed by atoms with Gasteiger partial charge in [-0.3, -0.25) is 0 Å². The van der Waals surface area contributed by atoms with E-state index in [-0.39, 0.29) is 5.41 Å². The molecule has 0 bridgehead atoms. The van der Waals surface area contributed by atoms with E-state index in [4.69, 9.17) is 0 Å². The first-order valence-electron chi connectivity index (χ1n) is 19.5. The summed E-state index contributed by atoms with van der Waals surface area (Å²) in [7, 11) is 0. The molecule has 2 nitrogen and oxygen atoms in total. The zero-order valence-electron chi connectivity index (χ0n) is 31.6. The van der Waals surface area contributed by atoms with Crippen LogP contribution in [-0.2, 0) is 24.8 Å². The second-order valence-electron chi connectivity index (χ2n) is 14.9. The van der Waals surface area contributed by atoms with Crippen molar-refractivity contribution in [3.63, 3.8) is 0 Å². The van der Waals surface area contributed by atoms with Gasteiger partial charge in [0.05, 0.1) is 6.54 Å². The first kappa shape index (κ1) is 35.9. The molecule has 0 fully saturated rings. The van der Waals surface area contributed by atoms with E-state index in [1.54, 1.807) is 0 Å². The zero-order valence-corrected chi connectivity index (χ0v) is 31.6. The summed E-state index contributed by atoms with van der Waals surface area (Å²) in [5.74, 6) is 0.669. The summed E-state index contributed by atoms with van der Waals surface area (Å²) in [4.78, 5) is 0. The number of quaternary nitrogens is 1. The first-order chi connectivity index (χ1) is 26.1. The number of aromatic nitrogens is 1. The van der Waals surface area contributed by atoms with Crippen LogP contribution in [0, 0.1) is 5.92 Å². The average Bonchev–Trinajstić information content (AvgIpc) is 3.49. The van der Waals surface area contributed by atoms with Crippen molar-refractivity contribution < 1.29 is 5.32 Å². The van der Waals surface area contributed by atoms with Crippen LogP contribution < -0.4 is 10.7 Å². The van der Waals surface area contributed by atoms with E-state index >= 15 is 0 Å². The molecule has 0 amide bonds. The Labute approximate surface area is 315 Å². The highest BCUT2D eigenvalue weighted by molar-refractivity contribution is 6.10. The normalized spacial score (nSPS) is 13.0. The van der Waals surface area contributed by atoms with Gasteiger partial charge >= 0.3 is 0 Å². The number of rotatable bonds is 15. The SMILES string of the molecule is CCn1/c(=C/C=C/C=C/C=C/CC(Cc2ccccc2)(Cc2ccccc2)c2c([NH2+]CCC(C)C)ccc3ccccc23)c2cccc3cccc1c32. The lowest BCUT2D eigenvalue weighted by molar-refractivity contribution is -0.573. The highest BCUT2D eigenvalue weighted by Crippen LogP contribution is 2.43. The smallest absolute Gasteiger partial charge is 0.134 e.